The predicted molar refractivity (Wildman–Crippen MR) is 114 cm³/mol. The van der Waals surface area contributed by atoms with Crippen LogP contribution in [0.5, 0.6) is 11.6 Å². The molecular weight excluding hydrogens is 400 g/mol. The average molecular weight is 433 g/mol. The third-order valence-corrected chi connectivity index (χ3v) is 5.72. The van der Waals surface area contributed by atoms with Crippen LogP contribution >= 0.6 is 0 Å². The quantitative estimate of drug-likeness (QED) is 0.334. The molecule has 0 fully saturated rings. The van der Waals surface area contributed by atoms with Crippen LogP contribution in [0.2, 0.25) is 0 Å². The van der Waals surface area contributed by atoms with Gasteiger partial charge in [0.05, 0.1) is 32.1 Å². The van der Waals surface area contributed by atoms with E-state index in [-0.39, 0.29) is 36.5 Å². The third kappa shape index (κ3) is 4.84. The SMILES string of the molecule is CCOC(=O)C1=CN2C(CC1=O)c1nc(OC)c(OCCCOC)cc1C[C@H]2C(C)C. The fourth-order valence-electron chi connectivity index (χ4n) is 4.17. The molecule has 0 aliphatic carbocycles. The molecule has 1 aromatic rings. The minimum atomic E-state index is -0.565. The highest BCUT2D eigenvalue weighted by Gasteiger charge is 2.42. The van der Waals surface area contributed by atoms with Crippen molar-refractivity contribution in [2.75, 3.05) is 34.0 Å². The number of ether oxygens (including phenoxy) is 4. The van der Waals surface area contributed by atoms with E-state index in [9.17, 15) is 9.59 Å². The minimum absolute atomic E-state index is 0.109. The van der Waals surface area contributed by atoms with Crippen molar-refractivity contribution >= 4 is 11.8 Å². The topological polar surface area (TPSA) is 87.2 Å². The number of carbonyl (C=O) groups is 2. The van der Waals surface area contributed by atoms with Crippen molar-refractivity contribution in [1.82, 2.24) is 9.88 Å². The van der Waals surface area contributed by atoms with Gasteiger partial charge in [-0.2, -0.15) is 0 Å². The Morgan fingerprint density at radius 3 is 2.68 bits per heavy atom. The number of carbonyl (C=O) groups excluding carboxylic acids is 2. The number of fused-ring (bicyclic) bond motifs is 3. The molecule has 8 nitrogen and oxygen atoms in total. The first-order chi connectivity index (χ1) is 14.9. The van der Waals surface area contributed by atoms with Crippen molar-refractivity contribution in [3.63, 3.8) is 0 Å². The summed E-state index contributed by atoms with van der Waals surface area (Å²) in [6, 6.07) is 1.85. The van der Waals surface area contributed by atoms with Crippen molar-refractivity contribution in [3.8, 4) is 11.6 Å². The smallest absolute Gasteiger partial charge is 0.343 e. The molecule has 2 aliphatic heterocycles. The largest absolute Gasteiger partial charge is 0.488 e. The molecule has 0 saturated heterocycles. The summed E-state index contributed by atoms with van der Waals surface area (Å²) in [6.45, 7) is 7.35. The van der Waals surface area contributed by atoms with Crippen LogP contribution in [0, 0.1) is 5.92 Å². The number of hydrogen-bond donors (Lipinski definition) is 0. The van der Waals surface area contributed by atoms with Gasteiger partial charge in [-0.25, -0.2) is 9.78 Å². The lowest BCUT2D eigenvalue weighted by Crippen LogP contribution is -2.47. The van der Waals surface area contributed by atoms with E-state index in [1.807, 2.05) is 6.07 Å². The normalized spacial score (nSPS) is 20.1. The molecule has 0 spiro atoms. The Morgan fingerprint density at radius 1 is 1.26 bits per heavy atom. The Morgan fingerprint density at radius 2 is 2.03 bits per heavy atom. The van der Waals surface area contributed by atoms with Crippen molar-refractivity contribution in [2.24, 2.45) is 5.92 Å². The number of methoxy groups -OCH3 is 2. The third-order valence-electron chi connectivity index (χ3n) is 5.72. The summed E-state index contributed by atoms with van der Waals surface area (Å²) in [5.74, 6) is 0.502. The van der Waals surface area contributed by atoms with Gasteiger partial charge < -0.3 is 23.8 Å². The average Bonchev–Trinajstić information content (AvgIpc) is 2.75. The Hall–Kier alpha value is -2.61. The summed E-state index contributed by atoms with van der Waals surface area (Å²) in [7, 11) is 3.21. The number of pyridine rings is 1. The molecule has 170 valence electrons. The van der Waals surface area contributed by atoms with Gasteiger partial charge in [-0.05, 0) is 30.9 Å². The number of nitrogens with zero attached hydrogens (tertiary/aromatic N) is 2. The number of aromatic nitrogens is 1. The summed E-state index contributed by atoms with van der Waals surface area (Å²) >= 11 is 0. The van der Waals surface area contributed by atoms with E-state index in [2.05, 4.69) is 18.7 Å². The summed E-state index contributed by atoms with van der Waals surface area (Å²) in [5, 5.41) is 0. The molecule has 8 heteroatoms. The Bertz CT molecular complexity index is 851. The molecule has 0 amide bonds. The first-order valence-corrected chi connectivity index (χ1v) is 10.8. The maximum Gasteiger partial charge on any atom is 0.343 e. The molecular formula is C23H32N2O6. The highest BCUT2D eigenvalue weighted by atomic mass is 16.5. The highest BCUT2D eigenvalue weighted by molar-refractivity contribution is 6.17. The van der Waals surface area contributed by atoms with Gasteiger partial charge in [0, 0.05) is 38.8 Å². The van der Waals surface area contributed by atoms with Crippen LogP contribution in [-0.2, 0) is 25.5 Å². The van der Waals surface area contributed by atoms with Gasteiger partial charge in [-0.1, -0.05) is 13.8 Å². The second-order valence-electron chi connectivity index (χ2n) is 8.10. The van der Waals surface area contributed by atoms with E-state index in [0.29, 0.717) is 30.8 Å². The predicted octanol–water partition coefficient (Wildman–Crippen LogP) is 2.85. The van der Waals surface area contributed by atoms with Gasteiger partial charge in [-0.3, -0.25) is 4.79 Å². The Labute approximate surface area is 183 Å². The molecule has 1 unspecified atom stereocenters. The van der Waals surface area contributed by atoms with E-state index >= 15 is 0 Å². The Kier molecular flexibility index (Phi) is 7.54. The summed E-state index contributed by atoms with van der Waals surface area (Å²) in [4.78, 5) is 31.9. The highest BCUT2D eigenvalue weighted by Crippen LogP contribution is 2.43. The molecule has 2 aliphatic rings. The van der Waals surface area contributed by atoms with E-state index in [4.69, 9.17) is 23.9 Å². The number of ketones is 1. The first kappa shape index (κ1) is 23.1. The van der Waals surface area contributed by atoms with Crippen molar-refractivity contribution in [1.29, 1.82) is 0 Å². The van der Waals surface area contributed by atoms with Crippen molar-refractivity contribution in [2.45, 2.75) is 52.1 Å². The number of rotatable bonds is 9. The van der Waals surface area contributed by atoms with Crippen LogP contribution in [0.1, 0.15) is 50.9 Å². The molecule has 3 heterocycles. The van der Waals surface area contributed by atoms with Crippen molar-refractivity contribution in [3.05, 3.63) is 29.1 Å². The maximum atomic E-state index is 12.8. The van der Waals surface area contributed by atoms with E-state index in [0.717, 1.165) is 24.1 Å². The number of hydrogen-bond acceptors (Lipinski definition) is 8. The molecule has 2 atom stereocenters. The van der Waals surface area contributed by atoms with Crippen LogP contribution in [0.4, 0.5) is 0 Å². The molecule has 0 N–H and O–H groups in total. The first-order valence-electron chi connectivity index (χ1n) is 10.8. The zero-order chi connectivity index (χ0) is 22.5. The number of Topliss-reactive ketones (excluding diaryl/α,β-unsaturated/α-hetero) is 1. The lowest BCUT2D eigenvalue weighted by atomic mass is 9.82. The van der Waals surface area contributed by atoms with Crippen LogP contribution in [0.15, 0.2) is 17.8 Å². The Balaban J connectivity index is 1.97. The van der Waals surface area contributed by atoms with Gasteiger partial charge in [-0.15, -0.1) is 0 Å². The second-order valence-corrected chi connectivity index (χ2v) is 8.10. The van der Waals surface area contributed by atoms with Gasteiger partial charge >= 0.3 is 5.97 Å². The van der Waals surface area contributed by atoms with Crippen LogP contribution in [0.3, 0.4) is 0 Å². The second kappa shape index (κ2) is 10.1. The molecule has 0 radical (unpaired) electrons. The summed E-state index contributed by atoms with van der Waals surface area (Å²) in [5.41, 5.74) is 1.95. The van der Waals surface area contributed by atoms with Crippen LogP contribution in [-0.4, -0.2) is 61.7 Å². The van der Waals surface area contributed by atoms with Crippen molar-refractivity contribution < 1.29 is 28.5 Å². The van der Waals surface area contributed by atoms with Gasteiger partial charge in [0.25, 0.3) is 5.88 Å². The molecule has 0 aromatic carbocycles. The monoisotopic (exact) mass is 432 g/mol. The molecule has 1 aromatic heterocycles. The van der Waals surface area contributed by atoms with E-state index < -0.39 is 5.97 Å². The maximum absolute atomic E-state index is 12.8. The molecule has 3 rings (SSSR count). The van der Waals surface area contributed by atoms with Gasteiger partial charge in [0.1, 0.15) is 5.57 Å². The van der Waals surface area contributed by atoms with Gasteiger partial charge in [0.2, 0.25) is 0 Å². The zero-order valence-electron chi connectivity index (χ0n) is 19.0. The lowest BCUT2D eigenvalue weighted by molar-refractivity contribution is -0.140. The fraction of sp³-hybridized carbons (Fsp3) is 0.609. The lowest BCUT2D eigenvalue weighted by Gasteiger charge is -2.46. The summed E-state index contributed by atoms with van der Waals surface area (Å²) < 4.78 is 21.5. The van der Waals surface area contributed by atoms with Crippen LogP contribution < -0.4 is 9.47 Å². The fourth-order valence-corrected chi connectivity index (χ4v) is 4.17. The van der Waals surface area contributed by atoms with E-state index in [1.54, 1.807) is 27.3 Å². The molecule has 0 saturated carbocycles. The standard InChI is InChI=1S/C23H32N2O6/c1-6-30-23(27)16-13-25-17(14(2)3)10-15-11-20(31-9-7-8-28-4)22(29-5)24-21(15)18(25)12-19(16)26/h11,13-14,17-18H,6-10,12H2,1-5H3/t17-,18?/m0/s1. The minimum Gasteiger partial charge on any atom is -0.488 e. The van der Waals surface area contributed by atoms with Crippen LogP contribution in [0.25, 0.3) is 0 Å². The van der Waals surface area contributed by atoms with Gasteiger partial charge in [0.15, 0.2) is 11.5 Å². The summed E-state index contributed by atoms with van der Waals surface area (Å²) in [6.07, 6.45) is 3.34. The molecule has 0 bridgehead atoms. The molecule has 31 heavy (non-hydrogen) atoms. The number of esters is 1. The zero-order valence-corrected chi connectivity index (χ0v) is 19.0. The van der Waals surface area contributed by atoms with E-state index in [1.165, 1.54) is 0 Å².